The lowest BCUT2D eigenvalue weighted by Crippen LogP contribution is -2.36. The molecule has 0 fully saturated rings. The van der Waals surface area contributed by atoms with Crippen LogP contribution in [-0.4, -0.2) is 25.2 Å². The summed E-state index contributed by atoms with van der Waals surface area (Å²) in [4.78, 5) is 24.1. The van der Waals surface area contributed by atoms with Crippen LogP contribution in [0.5, 0.6) is 0 Å². The van der Waals surface area contributed by atoms with Gasteiger partial charge in [-0.15, -0.1) is 0 Å². The first-order chi connectivity index (χ1) is 8.99. The van der Waals surface area contributed by atoms with E-state index in [1.807, 2.05) is 34.6 Å². The van der Waals surface area contributed by atoms with Gasteiger partial charge in [-0.2, -0.15) is 0 Å². The molecule has 0 amide bonds. The van der Waals surface area contributed by atoms with Gasteiger partial charge in [-0.1, -0.05) is 34.6 Å². The van der Waals surface area contributed by atoms with Crippen LogP contribution >= 0.6 is 0 Å². The van der Waals surface area contributed by atoms with Crippen LogP contribution in [0.4, 0.5) is 0 Å². The molecule has 0 aromatic carbocycles. The fourth-order valence-corrected chi connectivity index (χ4v) is 2.08. The van der Waals surface area contributed by atoms with Crippen LogP contribution in [0.15, 0.2) is 0 Å². The molecule has 0 heterocycles. The van der Waals surface area contributed by atoms with Gasteiger partial charge in [0.25, 0.3) is 0 Å². The highest BCUT2D eigenvalue weighted by molar-refractivity contribution is 5.82. The molecule has 19 heavy (non-hydrogen) atoms. The summed E-state index contributed by atoms with van der Waals surface area (Å²) in [6.07, 6.45) is 2.16. The van der Waals surface area contributed by atoms with Gasteiger partial charge in [0.15, 0.2) is 0 Å². The molecule has 2 unspecified atom stereocenters. The molecule has 0 aromatic rings. The monoisotopic (exact) mass is 272 g/mol. The zero-order valence-corrected chi connectivity index (χ0v) is 12.9. The molecule has 0 radical (unpaired) electrons. The Bertz CT molecular complexity index is 273. The van der Waals surface area contributed by atoms with Crippen molar-refractivity contribution >= 4 is 11.9 Å². The van der Waals surface area contributed by atoms with Gasteiger partial charge in [-0.25, -0.2) is 0 Å². The number of ether oxygens (including phenoxy) is 2. The number of rotatable bonds is 9. The molecule has 0 saturated carbocycles. The highest BCUT2D eigenvalue weighted by atomic mass is 16.5. The second-order valence-corrected chi connectivity index (χ2v) is 5.12. The third-order valence-electron chi connectivity index (χ3n) is 3.06. The smallest absolute Gasteiger partial charge is 0.310 e. The highest BCUT2D eigenvalue weighted by Gasteiger charge is 2.36. The third kappa shape index (κ3) is 6.08. The Morgan fingerprint density at radius 3 is 1.74 bits per heavy atom. The van der Waals surface area contributed by atoms with E-state index < -0.39 is 11.8 Å². The predicted octanol–water partition coefficient (Wildman–Crippen LogP) is 3.19. The fourth-order valence-electron chi connectivity index (χ4n) is 2.08. The first-order valence-corrected chi connectivity index (χ1v) is 7.32. The van der Waals surface area contributed by atoms with Crippen LogP contribution in [-0.2, 0) is 19.1 Å². The maximum Gasteiger partial charge on any atom is 0.310 e. The average molecular weight is 272 g/mol. The summed E-state index contributed by atoms with van der Waals surface area (Å²) in [5.41, 5.74) is 0. The summed E-state index contributed by atoms with van der Waals surface area (Å²) in [6, 6.07) is 0. The Morgan fingerprint density at radius 1 is 0.895 bits per heavy atom. The summed E-state index contributed by atoms with van der Waals surface area (Å²) < 4.78 is 10.4. The first kappa shape index (κ1) is 17.9. The molecule has 0 N–H and O–H groups in total. The standard InChI is InChI=1S/C15H28O4/c1-6-9-18-14(16)12(8-3)13(11(4)5)15(17)19-10-7-2/h11-13H,6-10H2,1-5H3. The summed E-state index contributed by atoms with van der Waals surface area (Å²) >= 11 is 0. The van der Waals surface area contributed by atoms with Crippen LogP contribution in [0.3, 0.4) is 0 Å². The van der Waals surface area contributed by atoms with E-state index in [1.165, 1.54) is 0 Å². The van der Waals surface area contributed by atoms with Crippen molar-refractivity contribution in [1.29, 1.82) is 0 Å². The number of esters is 2. The van der Waals surface area contributed by atoms with Gasteiger partial charge in [-0.05, 0) is 25.2 Å². The van der Waals surface area contributed by atoms with Gasteiger partial charge in [0.1, 0.15) is 0 Å². The Kier molecular flexibility index (Phi) is 9.27. The summed E-state index contributed by atoms with van der Waals surface area (Å²) in [7, 11) is 0. The second kappa shape index (κ2) is 9.82. The van der Waals surface area contributed by atoms with Crippen LogP contribution in [0, 0.1) is 17.8 Å². The molecule has 0 bridgehead atoms. The molecule has 0 saturated heterocycles. The molecule has 4 nitrogen and oxygen atoms in total. The van der Waals surface area contributed by atoms with E-state index in [0.29, 0.717) is 19.6 Å². The molecule has 0 aromatic heterocycles. The van der Waals surface area contributed by atoms with Gasteiger partial charge < -0.3 is 9.47 Å². The normalized spacial score (nSPS) is 14.0. The molecular weight excluding hydrogens is 244 g/mol. The van der Waals surface area contributed by atoms with Crippen LogP contribution in [0.25, 0.3) is 0 Å². The Balaban J connectivity index is 4.80. The Labute approximate surface area is 116 Å². The van der Waals surface area contributed by atoms with E-state index in [-0.39, 0.29) is 17.9 Å². The number of carbonyl (C=O) groups excluding carboxylic acids is 2. The van der Waals surface area contributed by atoms with Gasteiger partial charge in [0.2, 0.25) is 0 Å². The van der Waals surface area contributed by atoms with Crippen molar-refractivity contribution in [3.05, 3.63) is 0 Å². The molecular formula is C15H28O4. The minimum atomic E-state index is -0.416. The third-order valence-corrected chi connectivity index (χ3v) is 3.06. The molecule has 0 rings (SSSR count). The lowest BCUT2D eigenvalue weighted by molar-refractivity contribution is -0.163. The van der Waals surface area contributed by atoms with Crippen molar-refractivity contribution < 1.29 is 19.1 Å². The minimum absolute atomic E-state index is 0.0588. The van der Waals surface area contributed by atoms with E-state index in [1.54, 1.807) is 0 Å². The average Bonchev–Trinajstić information content (AvgIpc) is 2.38. The SMILES string of the molecule is CCCOC(=O)C(CC)C(C(=O)OCCC)C(C)C. The van der Waals surface area contributed by atoms with Crippen LogP contribution in [0.2, 0.25) is 0 Å². The van der Waals surface area contributed by atoms with E-state index >= 15 is 0 Å². The molecule has 0 aliphatic carbocycles. The van der Waals surface area contributed by atoms with E-state index in [9.17, 15) is 9.59 Å². The van der Waals surface area contributed by atoms with Gasteiger partial charge in [0, 0.05) is 0 Å². The van der Waals surface area contributed by atoms with Gasteiger partial charge in [0.05, 0.1) is 25.0 Å². The van der Waals surface area contributed by atoms with Crippen LogP contribution < -0.4 is 0 Å². The number of hydrogen-bond donors (Lipinski definition) is 0. The fraction of sp³-hybridized carbons (Fsp3) is 0.867. The number of hydrogen-bond acceptors (Lipinski definition) is 4. The Morgan fingerprint density at radius 2 is 1.37 bits per heavy atom. The van der Waals surface area contributed by atoms with Gasteiger partial charge in [-0.3, -0.25) is 9.59 Å². The molecule has 4 heteroatoms. The van der Waals surface area contributed by atoms with Crippen molar-refractivity contribution in [3.8, 4) is 0 Å². The maximum absolute atomic E-state index is 12.1. The quantitative estimate of drug-likeness (QED) is 0.605. The minimum Gasteiger partial charge on any atom is -0.465 e. The topological polar surface area (TPSA) is 52.6 Å². The molecule has 0 aliphatic heterocycles. The second-order valence-electron chi connectivity index (χ2n) is 5.12. The van der Waals surface area contributed by atoms with Crippen molar-refractivity contribution in [3.63, 3.8) is 0 Å². The van der Waals surface area contributed by atoms with Crippen molar-refractivity contribution in [2.45, 2.75) is 53.9 Å². The summed E-state index contributed by atoms with van der Waals surface area (Å²) in [5.74, 6) is -1.33. The predicted molar refractivity (Wildman–Crippen MR) is 74.6 cm³/mol. The molecule has 0 spiro atoms. The highest BCUT2D eigenvalue weighted by Crippen LogP contribution is 2.26. The van der Waals surface area contributed by atoms with E-state index in [0.717, 1.165) is 12.8 Å². The lowest BCUT2D eigenvalue weighted by Gasteiger charge is -2.26. The first-order valence-electron chi connectivity index (χ1n) is 7.32. The van der Waals surface area contributed by atoms with Crippen LogP contribution in [0.1, 0.15) is 53.9 Å². The van der Waals surface area contributed by atoms with Crippen molar-refractivity contribution in [1.82, 2.24) is 0 Å². The van der Waals surface area contributed by atoms with Crippen molar-refractivity contribution in [2.24, 2.45) is 17.8 Å². The Hall–Kier alpha value is -1.06. The zero-order chi connectivity index (χ0) is 14.8. The largest absolute Gasteiger partial charge is 0.465 e. The molecule has 0 aliphatic rings. The zero-order valence-electron chi connectivity index (χ0n) is 12.9. The summed E-state index contributed by atoms with van der Waals surface area (Å²) in [5, 5.41) is 0. The molecule has 2 atom stereocenters. The lowest BCUT2D eigenvalue weighted by atomic mass is 9.82. The number of carbonyl (C=O) groups is 2. The summed E-state index contributed by atoms with van der Waals surface area (Å²) in [6.45, 7) is 10.5. The maximum atomic E-state index is 12.1. The molecule has 112 valence electrons. The van der Waals surface area contributed by atoms with Crippen molar-refractivity contribution in [2.75, 3.05) is 13.2 Å². The van der Waals surface area contributed by atoms with Gasteiger partial charge >= 0.3 is 11.9 Å². The van der Waals surface area contributed by atoms with E-state index in [4.69, 9.17) is 9.47 Å². The van der Waals surface area contributed by atoms with E-state index in [2.05, 4.69) is 0 Å².